The molecule has 0 heterocycles. The van der Waals surface area contributed by atoms with Gasteiger partial charge in [-0.25, -0.2) is 0 Å². The number of ether oxygens (including phenoxy) is 1. The molecule has 0 saturated carbocycles. The molecule has 0 aromatic rings. The third-order valence-electron chi connectivity index (χ3n) is 1.61. The number of rotatable bonds is 7. The number of hydrogen-bond acceptors (Lipinski definition) is 1. The van der Waals surface area contributed by atoms with Gasteiger partial charge >= 0.3 is 0 Å². The van der Waals surface area contributed by atoms with Crippen LogP contribution in [0.5, 0.6) is 0 Å². The van der Waals surface area contributed by atoms with E-state index in [-0.39, 0.29) is 0 Å². The van der Waals surface area contributed by atoms with E-state index in [0.717, 1.165) is 30.9 Å². The normalized spacial score (nSPS) is 13.4. The largest absolute Gasteiger partial charge is 0.381 e. The molecule has 0 bridgehead atoms. The molecule has 0 N–H and O–H groups in total. The lowest BCUT2D eigenvalue weighted by molar-refractivity contribution is 0.103. The van der Waals surface area contributed by atoms with Crippen LogP contribution in [-0.4, -0.2) is 18.5 Å². The van der Waals surface area contributed by atoms with Crippen LogP contribution in [0.3, 0.4) is 0 Å². The van der Waals surface area contributed by atoms with E-state index >= 15 is 0 Å². The van der Waals surface area contributed by atoms with Gasteiger partial charge in [0.15, 0.2) is 0 Å². The summed E-state index contributed by atoms with van der Waals surface area (Å²) in [7, 11) is 0. The first-order chi connectivity index (χ1) is 5.31. The molecule has 0 rings (SSSR count). The Kier molecular flexibility index (Phi) is 8.88. The quantitative estimate of drug-likeness (QED) is 0.475. The molecule has 1 unspecified atom stereocenters. The average Bonchev–Trinajstić information content (AvgIpc) is 1.99. The van der Waals surface area contributed by atoms with Crippen molar-refractivity contribution < 1.29 is 4.74 Å². The van der Waals surface area contributed by atoms with Gasteiger partial charge in [0.2, 0.25) is 0 Å². The van der Waals surface area contributed by atoms with Gasteiger partial charge in [-0.1, -0.05) is 36.2 Å². The molecule has 1 atom stereocenters. The van der Waals surface area contributed by atoms with E-state index in [1.54, 1.807) is 0 Å². The minimum atomic E-state index is 0.732. The highest BCUT2D eigenvalue weighted by atomic mass is 79.9. The molecule has 1 nitrogen and oxygen atoms in total. The van der Waals surface area contributed by atoms with E-state index < -0.39 is 0 Å². The van der Waals surface area contributed by atoms with Crippen LogP contribution >= 0.6 is 15.9 Å². The van der Waals surface area contributed by atoms with E-state index in [1.165, 1.54) is 12.8 Å². The Bertz CT molecular complexity index is 76.0. The predicted molar refractivity (Wildman–Crippen MR) is 53.3 cm³/mol. The SMILES string of the molecule is CCCC(C)COCCCBr. The molecular formula is C9H19BrO. The Morgan fingerprint density at radius 2 is 2.18 bits per heavy atom. The zero-order valence-electron chi connectivity index (χ0n) is 7.61. The third-order valence-corrected chi connectivity index (χ3v) is 2.17. The monoisotopic (exact) mass is 222 g/mol. The highest BCUT2D eigenvalue weighted by molar-refractivity contribution is 9.09. The van der Waals surface area contributed by atoms with Crippen molar-refractivity contribution in [3.63, 3.8) is 0 Å². The van der Waals surface area contributed by atoms with E-state index in [1.807, 2.05) is 0 Å². The summed E-state index contributed by atoms with van der Waals surface area (Å²) in [6.07, 6.45) is 3.68. The lowest BCUT2D eigenvalue weighted by Gasteiger charge is -2.09. The summed E-state index contributed by atoms with van der Waals surface area (Å²) in [5.41, 5.74) is 0. The summed E-state index contributed by atoms with van der Waals surface area (Å²) in [4.78, 5) is 0. The fourth-order valence-corrected chi connectivity index (χ4v) is 1.25. The third kappa shape index (κ3) is 8.35. The first kappa shape index (κ1) is 11.4. The van der Waals surface area contributed by atoms with Crippen LogP contribution in [0.1, 0.15) is 33.1 Å². The number of hydrogen-bond donors (Lipinski definition) is 0. The fourth-order valence-electron chi connectivity index (χ4n) is 1.02. The zero-order valence-corrected chi connectivity index (χ0v) is 9.19. The molecule has 0 spiro atoms. The van der Waals surface area contributed by atoms with Crippen molar-refractivity contribution in [1.82, 2.24) is 0 Å². The van der Waals surface area contributed by atoms with Gasteiger partial charge in [-0.3, -0.25) is 0 Å². The first-order valence-corrected chi connectivity index (χ1v) is 5.57. The van der Waals surface area contributed by atoms with Crippen LogP contribution < -0.4 is 0 Å². The molecule has 0 aliphatic carbocycles. The minimum Gasteiger partial charge on any atom is -0.381 e. The highest BCUT2D eigenvalue weighted by Crippen LogP contribution is 2.05. The average molecular weight is 223 g/mol. The van der Waals surface area contributed by atoms with E-state index in [0.29, 0.717) is 0 Å². The van der Waals surface area contributed by atoms with Gasteiger partial charge in [0.05, 0.1) is 0 Å². The van der Waals surface area contributed by atoms with Crippen LogP contribution in [0.4, 0.5) is 0 Å². The van der Waals surface area contributed by atoms with Gasteiger partial charge in [-0.15, -0.1) is 0 Å². The Hall–Kier alpha value is 0.440. The van der Waals surface area contributed by atoms with Crippen molar-refractivity contribution in [3.05, 3.63) is 0 Å². The predicted octanol–water partition coefficient (Wildman–Crippen LogP) is 3.22. The van der Waals surface area contributed by atoms with Gasteiger partial charge in [-0.2, -0.15) is 0 Å². The van der Waals surface area contributed by atoms with Crippen LogP contribution in [0.2, 0.25) is 0 Å². The second-order valence-electron chi connectivity index (χ2n) is 3.01. The standard InChI is InChI=1S/C9H19BrO/c1-3-5-9(2)8-11-7-4-6-10/h9H,3-8H2,1-2H3. The lowest BCUT2D eigenvalue weighted by atomic mass is 10.1. The number of alkyl halides is 1. The van der Waals surface area contributed by atoms with Crippen molar-refractivity contribution in [2.45, 2.75) is 33.1 Å². The van der Waals surface area contributed by atoms with Crippen LogP contribution in [0.15, 0.2) is 0 Å². The van der Waals surface area contributed by atoms with Crippen molar-refractivity contribution >= 4 is 15.9 Å². The molecule has 0 aliphatic heterocycles. The van der Waals surface area contributed by atoms with E-state index in [2.05, 4.69) is 29.8 Å². The summed E-state index contributed by atoms with van der Waals surface area (Å²) in [6, 6.07) is 0. The maximum Gasteiger partial charge on any atom is 0.0491 e. The van der Waals surface area contributed by atoms with E-state index in [9.17, 15) is 0 Å². The summed E-state index contributed by atoms with van der Waals surface area (Å²) in [6.45, 7) is 6.30. The zero-order chi connectivity index (χ0) is 8.53. The smallest absolute Gasteiger partial charge is 0.0491 e. The van der Waals surface area contributed by atoms with Crippen LogP contribution in [0, 0.1) is 5.92 Å². The molecular weight excluding hydrogens is 204 g/mol. The summed E-state index contributed by atoms with van der Waals surface area (Å²) in [5.74, 6) is 0.732. The Morgan fingerprint density at radius 1 is 1.45 bits per heavy atom. The molecule has 2 heteroatoms. The second-order valence-corrected chi connectivity index (χ2v) is 3.80. The van der Waals surface area contributed by atoms with Crippen molar-refractivity contribution in [2.24, 2.45) is 5.92 Å². The molecule has 0 aliphatic rings. The summed E-state index contributed by atoms with van der Waals surface area (Å²) in [5, 5.41) is 1.05. The van der Waals surface area contributed by atoms with Crippen LogP contribution in [-0.2, 0) is 4.74 Å². The molecule has 0 amide bonds. The van der Waals surface area contributed by atoms with Gasteiger partial charge in [0.25, 0.3) is 0 Å². The molecule has 0 fully saturated rings. The Labute approximate surface area is 78.6 Å². The highest BCUT2D eigenvalue weighted by Gasteiger charge is 1.99. The number of halogens is 1. The maximum absolute atomic E-state index is 5.46. The van der Waals surface area contributed by atoms with Crippen molar-refractivity contribution in [3.8, 4) is 0 Å². The molecule has 0 aromatic carbocycles. The molecule has 68 valence electrons. The second kappa shape index (κ2) is 8.54. The minimum absolute atomic E-state index is 0.732. The lowest BCUT2D eigenvalue weighted by Crippen LogP contribution is -2.06. The van der Waals surface area contributed by atoms with Gasteiger partial charge in [0, 0.05) is 18.5 Å². The van der Waals surface area contributed by atoms with Crippen molar-refractivity contribution in [1.29, 1.82) is 0 Å². The van der Waals surface area contributed by atoms with Gasteiger partial charge < -0.3 is 4.74 Å². The molecule has 11 heavy (non-hydrogen) atoms. The van der Waals surface area contributed by atoms with Crippen LogP contribution in [0.25, 0.3) is 0 Å². The van der Waals surface area contributed by atoms with Gasteiger partial charge in [-0.05, 0) is 18.8 Å². The first-order valence-electron chi connectivity index (χ1n) is 4.45. The Morgan fingerprint density at radius 3 is 2.73 bits per heavy atom. The topological polar surface area (TPSA) is 9.23 Å². The maximum atomic E-state index is 5.46. The van der Waals surface area contributed by atoms with E-state index in [4.69, 9.17) is 4.74 Å². The summed E-state index contributed by atoms with van der Waals surface area (Å²) >= 11 is 3.37. The summed E-state index contributed by atoms with van der Waals surface area (Å²) < 4.78 is 5.46. The molecule has 0 saturated heterocycles. The fraction of sp³-hybridized carbons (Fsp3) is 1.00. The molecule has 0 aromatic heterocycles. The van der Waals surface area contributed by atoms with Crippen molar-refractivity contribution in [2.75, 3.05) is 18.5 Å². The van der Waals surface area contributed by atoms with Gasteiger partial charge in [0.1, 0.15) is 0 Å². The molecule has 0 radical (unpaired) electrons. The Balaban J connectivity index is 2.97.